The van der Waals surface area contributed by atoms with Gasteiger partial charge in [0.05, 0.1) is 4.90 Å². The lowest BCUT2D eigenvalue weighted by Gasteiger charge is -2.10. The predicted octanol–water partition coefficient (Wildman–Crippen LogP) is 1.88. The smallest absolute Gasteiger partial charge is 0.251 e. The van der Waals surface area contributed by atoms with Crippen LogP contribution in [0.4, 0.5) is 0 Å². The highest BCUT2D eigenvalue weighted by atomic mass is 32.2. The number of nitrogens with one attached hydrogen (secondary N) is 2. The maximum absolute atomic E-state index is 12.3. The molecule has 0 saturated carbocycles. The topological polar surface area (TPSA) is 106 Å². The van der Waals surface area contributed by atoms with Crippen molar-refractivity contribution in [2.24, 2.45) is 0 Å². The average Bonchev–Trinajstić information content (AvgIpc) is 3.20. The van der Waals surface area contributed by atoms with Crippen molar-refractivity contribution in [3.8, 4) is 5.82 Å². The van der Waals surface area contributed by atoms with Crippen LogP contribution in [0.1, 0.15) is 29.8 Å². The number of benzene rings is 1. The summed E-state index contributed by atoms with van der Waals surface area (Å²) in [5.74, 6) is 0.443. The van der Waals surface area contributed by atoms with Crippen LogP contribution in [0.3, 0.4) is 0 Å². The molecule has 2 aromatic heterocycles. The third-order valence-corrected chi connectivity index (χ3v) is 5.52. The van der Waals surface area contributed by atoms with E-state index in [0.29, 0.717) is 12.1 Å². The Morgan fingerprint density at radius 3 is 2.46 bits per heavy atom. The number of rotatable bonds is 7. The molecular weight excluding hydrogens is 378 g/mol. The number of nitrogens with zero attached hydrogens (tertiary/aromatic N) is 3. The fraction of sp³-hybridized carbons (Fsp3) is 0.211. The highest BCUT2D eigenvalue weighted by Crippen LogP contribution is 2.12. The molecule has 8 nitrogen and oxygen atoms in total. The largest absolute Gasteiger partial charge is 0.348 e. The molecule has 0 unspecified atom stereocenters. The van der Waals surface area contributed by atoms with Crippen molar-refractivity contribution in [3.05, 3.63) is 72.4 Å². The standard InChI is InChI=1S/C19H21N5O3S/c1-14(2)23-28(26,27)17-6-4-16(5-7-17)19(25)22-12-15-3-8-18(21-11-15)24-10-9-20-13-24/h3-11,13-14,23H,12H2,1-2H3,(H,22,25). The number of aromatic nitrogens is 3. The Morgan fingerprint density at radius 2 is 1.89 bits per heavy atom. The molecule has 3 aromatic rings. The molecule has 0 fully saturated rings. The lowest BCUT2D eigenvalue weighted by Crippen LogP contribution is -2.30. The normalized spacial score (nSPS) is 11.5. The second-order valence-electron chi connectivity index (χ2n) is 6.48. The van der Waals surface area contributed by atoms with Crippen molar-refractivity contribution >= 4 is 15.9 Å². The molecule has 2 heterocycles. The van der Waals surface area contributed by atoms with E-state index in [9.17, 15) is 13.2 Å². The number of hydrogen-bond donors (Lipinski definition) is 2. The Morgan fingerprint density at radius 1 is 1.14 bits per heavy atom. The summed E-state index contributed by atoms with van der Waals surface area (Å²) in [6.07, 6.45) is 6.81. The van der Waals surface area contributed by atoms with Crippen molar-refractivity contribution < 1.29 is 13.2 Å². The molecule has 28 heavy (non-hydrogen) atoms. The summed E-state index contributed by atoms with van der Waals surface area (Å²) in [5, 5.41) is 2.80. The minimum Gasteiger partial charge on any atom is -0.348 e. The first-order valence-electron chi connectivity index (χ1n) is 8.69. The Labute approximate surface area is 163 Å². The molecule has 0 atom stereocenters. The molecule has 0 spiro atoms. The average molecular weight is 399 g/mol. The van der Waals surface area contributed by atoms with E-state index in [-0.39, 0.29) is 16.8 Å². The van der Waals surface area contributed by atoms with Gasteiger partial charge in [-0.05, 0) is 49.7 Å². The molecule has 0 radical (unpaired) electrons. The van der Waals surface area contributed by atoms with Gasteiger partial charge in [-0.15, -0.1) is 0 Å². The monoisotopic (exact) mass is 399 g/mol. The Bertz CT molecular complexity index is 1030. The fourth-order valence-electron chi connectivity index (χ4n) is 2.52. The minimum atomic E-state index is -3.58. The van der Waals surface area contributed by atoms with Crippen LogP contribution in [-0.2, 0) is 16.6 Å². The lowest BCUT2D eigenvalue weighted by molar-refractivity contribution is 0.0951. The van der Waals surface area contributed by atoms with Gasteiger partial charge >= 0.3 is 0 Å². The van der Waals surface area contributed by atoms with Gasteiger partial charge in [0.15, 0.2) is 0 Å². The molecule has 9 heteroatoms. The number of carbonyl (C=O) groups excluding carboxylic acids is 1. The van der Waals surface area contributed by atoms with Gasteiger partial charge in [-0.25, -0.2) is 23.1 Å². The van der Waals surface area contributed by atoms with Crippen LogP contribution < -0.4 is 10.0 Å². The van der Waals surface area contributed by atoms with E-state index in [4.69, 9.17) is 0 Å². The van der Waals surface area contributed by atoms with Crippen molar-refractivity contribution in [2.75, 3.05) is 0 Å². The summed E-state index contributed by atoms with van der Waals surface area (Å²) in [4.78, 5) is 20.7. The van der Waals surface area contributed by atoms with Crippen LogP contribution in [0.15, 0.2) is 66.2 Å². The van der Waals surface area contributed by atoms with Gasteiger partial charge < -0.3 is 5.32 Å². The summed E-state index contributed by atoms with van der Waals surface area (Å²) < 4.78 is 28.5. The number of imidazole rings is 1. The van der Waals surface area contributed by atoms with Gasteiger partial charge in [-0.2, -0.15) is 0 Å². The zero-order valence-corrected chi connectivity index (χ0v) is 16.3. The summed E-state index contributed by atoms with van der Waals surface area (Å²) in [5.41, 5.74) is 1.23. The van der Waals surface area contributed by atoms with Crippen molar-refractivity contribution in [1.29, 1.82) is 0 Å². The van der Waals surface area contributed by atoms with Gasteiger partial charge in [0.2, 0.25) is 10.0 Å². The van der Waals surface area contributed by atoms with E-state index in [1.807, 2.05) is 12.1 Å². The predicted molar refractivity (Wildman–Crippen MR) is 104 cm³/mol. The SMILES string of the molecule is CC(C)NS(=O)(=O)c1ccc(C(=O)NCc2ccc(-n3ccnc3)nc2)cc1. The first kappa shape index (κ1) is 19.7. The number of pyridine rings is 1. The molecule has 3 rings (SSSR count). The molecule has 0 saturated heterocycles. The van der Waals surface area contributed by atoms with E-state index in [0.717, 1.165) is 11.4 Å². The minimum absolute atomic E-state index is 0.122. The molecule has 1 amide bonds. The zero-order chi connectivity index (χ0) is 20.1. The molecule has 2 N–H and O–H groups in total. The third kappa shape index (κ3) is 4.81. The van der Waals surface area contributed by atoms with Crippen molar-refractivity contribution in [2.45, 2.75) is 31.3 Å². The zero-order valence-electron chi connectivity index (χ0n) is 15.5. The van der Waals surface area contributed by atoms with Crippen LogP contribution >= 0.6 is 0 Å². The van der Waals surface area contributed by atoms with E-state index < -0.39 is 10.0 Å². The van der Waals surface area contributed by atoms with Gasteiger partial charge in [-0.3, -0.25) is 9.36 Å². The van der Waals surface area contributed by atoms with E-state index in [1.165, 1.54) is 24.3 Å². The molecule has 0 bridgehead atoms. The van der Waals surface area contributed by atoms with Gasteiger partial charge in [0, 0.05) is 36.7 Å². The molecule has 146 valence electrons. The molecule has 0 aliphatic heterocycles. The van der Waals surface area contributed by atoms with E-state index >= 15 is 0 Å². The number of carbonyl (C=O) groups is 1. The first-order valence-corrected chi connectivity index (χ1v) is 10.2. The van der Waals surface area contributed by atoms with Crippen LogP contribution in [0.5, 0.6) is 0 Å². The number of hydrogen-bond acceptors (Lipinski definition) is 5. The number of sulfonamides is 1. The van der Waals surface area contributed by atoms with Crippen molar-refractivity contribution in [1.82, 2.24) is 24.6 Å². The van der Waals surface area contributed by atoms with Crippen LogP contribution in [0.2, 0.25) is 0 Å². The van der Waals surface area contributed by atoms with E-state index in [1.54, 1.807) is 43.3 Å². The molecule has 0 aliphatic rings. The summed E-state index contributed by atoms with van der Waals surface area (Å²) in [6.45, 7) is 3.80. The Balaban J connectivity index is 1.60. The summed E-state index contributed by atoms with van der Waals surface area (Å²) in [6, 6.07) is 9.32. The van der Waals surface area contributed by atoms with Crippen LogP contribution in [0.25, 0.3) is 5.82 Å². The lowest BCUT2D eigenvalue weighted by atomic mass is 10.2. The third-order valence-electron chi connectivity index (χ3n) is 3.85. The van der Waals surface area contributed by atoms with Crippen LogP contribution in [-0.4, -0.2) is 34.9 Å². The van der Waals surface area contributed by atoms with Crippen molar-refractivity contribution in [3.63, 3.8) is 0 Å². The maximum atomic E-state index is 12.3. The second-order valence-corrected chi connectivity index (χ2v) is 8.19. The quantitative estimate of drug-likeness (QED) is 0.631. The fourth-order valence-corrected chi connectivity index (χ4v) is 3.77. The molecular formula is C19H21N5O3S. The highest BCUT2D eigenvalue weighted by Gasteiger charge is 2.16. The van der Waals surface area contributed by atoms with Gasteiger partial charge in [0.25, 0.3) is 5.91 Å². The summed E-state index contributed by atoms with van der Waals surface area (Å²) >= 11 is 0. The van der Waals surface area contributed by atoms with Crippen LogP contribution in [0, 0.1) is 0 Å². The summed E-state index contributed by atoms with van der Waals surface area (Å²) in [7, 11) is -3.58. The van der Waals surface area contributed by atoms with Gasteiger partial charge in [0.1, 0.15) is 12.1 Å². The maximum Gasteiger partial charge on any atom is 0.251 e. The number of amides is 1. The van der Waals surface area contributed by atoms with E-state index in [2.05, 4.69) is 20.0 Å². The molecule has 0 aliphatic carbocycles. The van der Waals surface area contributed by atoms with Gasteiger partial charge in [-0.1, -0.05) is 6.07 Å². The highest BCUT2D eigenvalue weighted by molar-refractivity contribution is 7.89. The Kier molecular flexibility index (Phi) is 5.86. The second kappa shape index (κ2) is 8.32. The Hall–Kier alpha value is -3.04. The first-order chi connectivity index (χ1) is 13.3. The molecule has 1 aromatic carbocycles.